The van der Waals surface area contributed by atoms with Crippen LogP contribution in [0.3, 0.4) is 0 Å². The van der Waals surface area contributed by atoms with Crippen LogP contribution in [0.15, 0.2) is 36.4 Å². The lowest BCUT2D eigenvalue weighted by Gasteiger charge is -2.10. The minimum Gasteiger partial charge on any atom is -0.370 e. The minimum atomic E-state index is -0.180. The molecule has 1 aromatic heterocycles. The van der Waals surface area contributed by atoms with Gasteiger partial charge in [-0.1, -0.05) is 19.1 Å². The average Bonchev–Trinajstić information content (AvgIpc) is 2.48. The van der Waals surface area contributed by atoms with E-state index in [9.17, 15) is 4.39 Å². The Balaban J connectivity index is 1.88. The second kappa shape index (κ2) is 7.62. The van der Waals surface area contributed by atoms with E-state index in [1.807, 2.05) is 31.2 Å². The monoisotopic (exact) mass is 287 g/mol. The molecule has 0 spiro atoms. The van der Waals surface area contributed by atoms with Crippen molar-refractivity contribution in [3.63, 3.8) is 0 Å². The summed E-state index contributed by atoms with van der Waals surface area (Å²) in [5, 5.41) is 6.57. The van der Waals surface area contributed by atoms with E-state index in [0.717, 1.165) is 48.7 Å². The fourth-order valence-electron chi connectivity index (χ4n) is 2.15. The molecule has 0 bridgehead atoms. The van der Waals surface area contributed by atoms with Gasteiger partial charge in [-0.25, -0.2) is 9.37 Å². The Bertz CT molecular complexity index is 584. The molecule has 0 aliphatic carbocycles. The Morgan fingerprint density at radius 1 is 1.05 bits per heavy atom. The van der Waals surface area contributed by atoms with Crippen LogP contribution in [-0.2, 0) is 6.42 Å². The van der Waals surface area contributed by atoms with Crippen LogP contribution in [0.25, 0.3) is 0 Å². The van der Waals surface area contributed by atoms with E-state index in [1.54, 1.807) is 6.07 Å². The third kappa shape index (κ3) is 4.74. The quantitative estimate of drug-likeness (QED) is 0.808. The molecule has 0 saturated carbocycles. The van der Waals surface area contributed by atoms with Gasteiger partial charge in [-0.15, -0.1) is 0 Å². The van der Waals surface area contributed by atoms with E-state index < -0.39 is 0 Å². The van der Waals surface area contributed by atoms with Crippen LogP contribution in [0, 0.1) is 12.7 Å². The zero-order chi connectivity index (χ0) is 15.1. The van der Waals surface area contributed by atoms with Crippen LogP contribution in [0.5, 0.6) is 0 Å². The standard InChI is InChI=1S/C17H22FN3/c1-3-10-19-16-5-4-6-17(21-16)20-11-9-14-7-8-15(18)12-13(14)2/h4-8,12H,3,9-11H2,1-2H3,(H2,19,20,21). The normalized spacial score (nSPS) is 10.4. The molecule has 4 heteroatoms. The third-order valence-corrected chi connectivity index (χ3v) is 3.31. The van der Waals surface area contributed by atoms with E-state index in [2.05, 4.69) is 22.5 Å². The van der Waals surface area contributed by atoms with Crippen molar-refractivity contribution >= 4 is 11.6 Å². The summed E-state index contributed by atoms with van der Waals surface area (Å²) < 4.78 is 13.0. The maximum atomic E-state index is 13.0. The van der Waals surface area contributed by atoms with Gasteiger partial charge in [-0.3, -0.25) is 0 Å². The van der Waals surface area contributed by atoms with E-state index in [0.29, 0.717) is 0 Å². The Hall–Kier alpha value is -2.10. The van der Waals surface area contributed by atoms with Crippen molar-refractivity contribution < 1.29 is 4.39 Å². The molecule has 0 unspecified atom stereocenters. The van der Waals surface area contributed by atoms with Crippen molar-refractivity contribution in [1.82, 2.24) is 4.98 Å². The number of halogens is 1. The predicted octanol–water partition coefficient (Wildman–Crippen LogP) is 4.01. The highest BCUT2D eigenvalue weighted by Crippen LogP contribution is 2.12. The molecule has 0 fully saturated rings. The van der Waals surface area contributed by atoms with Gasteiger partial charge in [0.25, 0.3) is 0 Å². The minimum absolute atomic E-state index is 0.180. The maximum absolute atomic E-state index is 13.0. The molecule has 2 N–H and O–H groups in total. The number of benzene rings is 1. The van der Waals surface area contributed by atoms with Crippen molar-refractivity contribution in [2.75, 3.05) is 23.7 Å². The van der Waals surface area contributed by atoms with Crippen LogP contribution in [-0.4, -0.2) is 18.1 Å². The smallest absolute Gasteiger partial charge is 0.128 e. The van der Waals surface area contributed by atoms with Gasteiger partial charge in [0.1, 0.15) is 17.5 Å². The molecule has 2 rings (SSSR count). The topological polar surface area (TPSA) is 37.0 Å². The number of anilines is 2. The Morgan fingerprint density at radius 2 is 1.76 bits per heavy atom. The number of hydrogen-bond donors (Lipinski definition) is 2. The summed E-state index contributed by atoms with van der Waals surface area (Å²) in [6, 6.07) is 10.8. The van der Waals surface area contributed by atoms with E-state index in [1.165, 1.54) is 6.07 Å². The lowest BCUT2D eigenvalue weighted by Crippen LogP contribution is -2.09. The first-order chi connectivity index (χ1) is 10.2. The summed E-state index contributed by atoms with van der Waals surface area (Å²) in [4.78, 5) is 4.50. The fourth-order valence-corrected chi connectivity index (χ4v) is 2.15. The van der Waals surface area contributed by atoms with Crippen molar-refractivity contribution in [3.8, 4) is 0 Å². The molecular formula is C17H22FN3. The van der Waals surface area contributed by atoms with Gasteiger partial charge in [0.05, 0.1) is 0 Å². The second-order valence-corrected chi connectivity index (χ2v) is 5.08. The highest BCUT2D eigenvalue weighted by atomic mass is 19.1. The Morgan fingerprint density at radius 3 is 2.43 bits per heavy atom. The first-order valence-electron chi connectivity index (χ1n) is 7.39. The van der Waals surface area contributed by atoms with Crippen molar-refractivity contribution in [1.29, 1.82) is 0 Å². The SMILES string of the molecule is CCCNc1cccc(NCCc2ccc(F)cc2C)n1. The van der Waals surface area contributed by atoms with Gasteiger partial charge >= 0.3 is 0 Å². The summed E-state index contributed by atoms with van der Waals surface area (Å²) in [6.45, 7) is 5.76. The summed E-state index contributed by atoms with van der Waals surface area (Å²) in [6.07, 6.45) is 1.92. The zero-order valence-electron chi connectivity index (χ0n) is 12.6. The van der Waals surface area contributed by atoms with E-state index in [4.69, 9.17) is 0 Å². The Labute approximate surface area is 125 Å². The molecule has 0 atom stereocenters. The van der Waals surface area contributed by atoms with Gasteiger partial charge in [0, 0.05) is 13.1 Å². The number of nitrogens with zero attached hydrogens (tertiary/aromatic N) is 1. The van der Waals surface area contributed by atoms with E-state index >= 15 is 0 Å². The highest BCUT2D eigenvalue weighted by Gasteiger charge is 2.01. The van der Waals surface area contributed by atoms with Crippen LogP contribution in [0.2, 0.25) is 0 Å². The number of nitrogens with one attached hydrogen (secondary N) is 2. The summed E-state index contributed by atoms with van der Waals surface area (Å²) in [5.41, 5.74) is 2.15. The van der Waals surface area contributed by atoms with Crippen LogP contribution in [0.1, 0.15) is 24.5 Å². The average molecular weight is 287 g/mol. The first-order valence-corrected chi connectivity index (χ1v) is 7.39. The molecule has 0 radical (unpaired) electrons. The molecule has 0 aliphatic heterocycles. The molecule has 2 aromatic rings. The number of pyridine rings is 1. The lowest BCUT2D eigenvalue weighted by molar-refractivity contribution is 0.625. The second-order valence-electron chi connectivity index (χ2n) is 5.08. The summed E-state index contributed by atoms with van der Waals surface area (Å²) >= 11 is 0. The molecule has 112 valence electrons. The van der Waals surface area contributed by atoms with Gasteiger partial charge < -0.3 is 10.6 Å². The molecule has 21 heavy (non-hydrogen) atoms. The third-order valence-electron chi connectivity index (χ3n) is 3.31. The molecule has 3 nitrogen and oxygen atoms in total. The van der Waals surface area contributed by atoms with E-state index in [-0.39, 0.29) is 5.82 Å². The number of aryl methyl sites for hydroxylation is 1. The zero-order valence-corrected chi connectivity index (χ0v) is 12.6. The molecule has 0 saturated heterocycles. The summed E-state index contributed by atoms with van der Waals surface area (Å²) in [5.74, 6) is 1.57. The highest BCUT2D eigenvalue weighted by molar-refractivity contribution is 5.45. The molecule has 1 aromatic carbocycles. The van der Waals surface area contributed by atoms with Gasteiger partial charge in [0.2, 0.25) is 0 Å². The molecule has 0 amide bonds. The maximum Gasteiger partial charge on any atom is 0.128 e. The molecular weight excluding hydrogens is 265 g/mol. The Kier molecular flexibility index (Phi) is 5.55. The van der Waals surface area contributed by atoms with Gasteiger partial charge in [-0.05, 0) is 55.2 Å². The summed E-state index contributed by atoms with van der Waals surface area (Å²) in [7, 11) is 0. The number of rotatable bonds is 7. The van der Waals surface area contributed by atoms with Crippen molar-refractivity contribution in [2.45, 2.75) is 26.7 Å². The largest absolute Gasteiger partial charge is 0.370 e. The number of hydrogen-bond acceptors (Lipinski definition) is 3. The predicted molar refractivity (Wildman–Crippen MR) is 86.3 cm³/mol. The van der Waals surface area contributed by atoms with Gasteiger partial charge in [0.15, 0.2) is 0 Å². The molecule has 1 heterocycles. The van der Waals surface area contributed by atoms with Crippen LogP contribution in [0.4, 0.5) is 16.0 Å². The molecule has 0 aliphatic rings. The fraction of sp³-hybridized carbons (Fsp3) is 0.353. The van der Waals surface area contributed by atoms with Gasteiger partial charge in [-0.2, -0.15) is 0 Å². The number of aromatic nitrogens is 1. The first kappa shape index (κ1) is 15.3. The van der Waals surface area contributed by atoms with Crippen molar-refractivity contribution in [2.24, 2.45) is 0 Å². The van der Waals surface area contributed by atoms with Crippen molar-refractivity contribution in [3.05, 3.63) is 53.3 Å². The van der Waals surface area contributed by atoms with Crippen LogP contribution >= 0.6 is 0 Å². The lowest BCUT2D eigenvalue weighted by atomic mass is 10.1. The van der Waals surface area contributed by atoms with Crippen LogP contribution < -0.4 is 10.6 Å².